The normalized spacial score (nSPS) is 13.9. The molecule has 3 aromatic carbocycles. The Labute approximate surface area is 242 Å². The summed E-state index contributed by atoms with van der Waals surface area (Å²) in [5, 5.41) is 4.98. The van der Waals surface area contributed by atoms with Gasteiger partial charge >= 0.3 is 0 Å². The lowest BCUT2D eigenvalue weighted by molar-refractivity contribution is -0.127. The largest absolute Gasteiger partial charge is 0.490 e. The van der Waals surface area contributed by atoms with Gasteiger partial charge in [-0.3, -0.25) is 24.1 Å². The van der Waals surface area contributed by atoms with Crippen molar-refractivity contribution in [2.45, 2.75) is 27.7 Å². The first-order chi connectivity index (χ1) is 19.6. The Bertz CT molecular complexity index is 1520. The number of aryl methyl sites for hydroxylation is 3. The molecule has 1 saturated heterocycles. The van der Waals surface area contributed by atoms with Gasteiger partial charge in [-0.15, -0.1) is 0 Å². The minimum Gasteiger partial charge on any atom is -0.490 e. The zero-order chi connectivity index (χ0) is 29.5. The summed E-state index contributed by atoms with van der Waals surface area (Å²) in [4.78, 5) is 51.5. The smallest absolute Gasteiger partial charge is 0.294 e. The minimum atomic E-state index is -0.554. The summed E-state index contributed by atoms with van der Waals surface area (Å²) >= 11 is 0.762. The second-order valence-corrected chi connectivity index (χ2v) is 10.5. The van der Waals surface area contributed by atoms with E-state index in [9.17, 15) is 19.2 Å². The first-order valence-electron chi connectivity index (χ1n) is 13.0. The van der Waals surface area contributed by atoms with Gasteiger partial charge < -0.3 is 20.1 Å². The Morgan fingerprint density at radius 2 is 1.54 bits per heavy atom. The van der Waals surface area contributed by atoms with Crippen LogP contribution in [0.2, 0.25) is 0 Å². The number of anilines is 2. The van der Waals surface area contributed by atoms with E-state index in [2.05, 4.69) is 10.6 Å². The van der Waals surface area contributed by atoms with Crippen LogP contribution in [0.1, 0.15) is 29.2 Å². The van der Waals surface area contributed by atoms with E-state index in [0.717, 1.165) is 33.4 Å². The van der Waals surface area contributed by atoms with E-state index >= 15 is 0 Å². The molecular formula is C31H31N3O6S. The number of benzene rings is 3. The molecule has 0 aromatic heterocycles. The minimum absolute atomic E-state index is 0.183. The van der Waals surface area contributed by atoms with Gasteiger partial charge in [-0.1, -0.05) is 29.8 Å². The van der Waals surface area contributed by atoms with Crippen LogP contribution in [0.15, 0.2) is 65.6 Å². The van der Waals surface area contributed by atoms with Crippen molar-refractivity contribution in [1.82, 2.24) is 4.90 Å². The number of carbonyl (C=O) groups excluding carboxylic acids is 4. The van der Waals surface area contributed by atoms with Crippen LogP contribution < -0.4 is 20.1 Å². The van der Waals surface area contributed by atoms with Crippen molar-refractivity contribution in [2.75, 3.05) is 30.4 Å². The number of ether oxygens (including phenoxy) is 2. The van der Waals surface area contributed by atoms with Gasteiger partial charge in [0.1, 0.15) is 6.54 Å². The first-order valence-corrected chi connectivity index (χ1v) is 13.8. The van der Waals surface area contributed by atoms with E-state index in [1.807, 2.05) is 64.1 Å². The van der Waals surface area contributed by atoms with E-state index in [1.165, 1.54) is 0 Å². The summed E-state index contributed by atoms with van der Waals surface area (Å²) < 4.78 is 11.4. The van der Waals surface area contributed by atoms with Crippen LogP contribution in [-0.2, 0) is 14.4 Å². The molecular weight excluding hydrogens is 542 g/mol. The number of hydrogen-bond acceptors (Lipinski definition) is 7. The van der Waals surface area contributed by atoms with Gasteiger partial charge in [0.15, 0.2) is 18.1 Å². The van der Waals surface area contributed by atoms with Gasteiger partial charge in [0, 0.05) is 11.4 Å². The highest BCUT2D eigenvalue weighted by Gasteiger charge is 2.36. The van der Waals surface area contributed by atoms with Crippen molar-refractivity contribution < 1.29 is 28.7 Å². The summed E-state index contributed by atoms with van der Waals surface area (Å²) in [6.07, 6.45) is 1.56. The van der Waals surface area contributed by atoms with Gasteiger partial charge in [-0.25, -0.2) is 0 Å². The quantitative estimate of drug-likeness (QED) is 0.299. The Balaban J connectivity index is 1.40. The van der Waals surface area contributed by atoms with Crippen LogP contribution in [0, 0.1) is 20.8 Å². The third-order valence-electron chi connectivity index (χ3n) is 6.23. The summed E-state index contributed by atoms with van der Waals surface area (Å²) in [7, 11) is 0. The molecule has 2 N–H and O–H groups in total. The number of nitrogens with zero attached hydrogens (tertiary/aromatic N) is 1. The van der Waals surface area contributed by atoms with Crippen LogP contribution in [-0.4, -0.2) is 47.6 Å². The van der Waals surface area contributed by atoms with Crippen molar-refractivity contribution in [2.24, 2.45) is 0 Å². The van der Waals surface area contributed by atoms with Crippen molar-refractivity contribution in [3.05, 3.63) is 87.8 Å². The number of hydrogen-bond donors (Lipinski definition) is 2. The van der Waals surface area contributed by atoms with Crippen LogP contribution in [0.4, 0.5) is 16.2 Å². The third-order valence-corrected chi connectivity index (χ3v) is 7.13. The van der Waals surface area contributed by atoms with E-state index < -0.39 is 23.6 Å². The fourth-order valence-corrected chi connectivity index (χ4v) is 4.77. The summed E-state index contributed by atoms with van der Waals surface area (Å²) in [5.74, 6) is -0.601. The highest BCUT2D eigenvalue weighted by Crippen LogP contribution is 2.34. The highest BCUT2D eigenvalue weighted by atomic mass is 32.2. The lowest BCUT2D eigenvalue weighted by atomic mass is 10.1. The molecule has 0 unspecified atom stereocenters. The van der Waals surface area contributed by atoms with Gasteiger partial charge in [0.2, 0.25) is 5.91 Å². The molecule has 4 amide bonds. The predicted molar refractivity (Wildman–Crippen MR) is 160 cm³/mol. The number of amides is 4. The fraction of sp³-hybridized carbons (Fsp3) is 0.226. The maximum absolute atomic E-state index is 13.0. The average Bonchev–Trinajstić information content (AvgIpc) is 3.19. The second kappa shape index (κ2) is 13.2. The Hall–Kier alpha value is -4.57. The zero-order valence-electron chi connectivity index (χ0n) is 23.3. The van der Waals surface area contributed by atoms with Crippen LogP contribution >= 0.6 is 11.8 Å². The van der Waals surface area contributed by atoms with Crippen LogP contribution in [0.5, 0.6) is 11.5 Å². The lowest BCUT2D eigenvalue weighted by Gasteiger charge is -2.13. The summed E-state index contributed by atoms with van der Waals surface area (Å²) in [6.45, 7) is 7.41. The number of imide groups is 1. The summed E-state index contributed by atoms with van der Waals surface area (Å²) in [6, 6.07) is 17.9. The fourth-order valence-electron chi connectivity index (χ4n) is 3.93. The number of carbonyl (C=O) groups is 4. The van der Waals surface area contributed by atoms with Gasteiger partial charge in [-0.2, -0.15) is 0 Å². The molecule has 10 heteroatoms. The van der Waals surface area contributed by atoms with E-state index in [0.29, 0.717) is 35.0 Å². The monoisotopic (exact) mass is 573 g/mol. The molecule has 1 aliphatic heterocycles. The molecule has 9 nitrogen and oxygen atoms in total. The molecule has 41 heavy (non-hydrogen) atoms. The Morgan fingerprint density at radius 3 is 2.24 bits per heavy atom. The Morgan fingerprint density at radius 1 is 0.829 bits per heavy atom. The summed E-state index contributed by atoms with van der Waals surface area (Å²) in [5.41, 5.74) is 5.05. The first kappa shape index (κ1) is 29.4. The van der Waals surface area contributed by atoms with Crippen molar-refractivity contribution >= 4 is 52.2 Å². The number of thioether (sulfide) groups is 1. The number of rotatable bonds is 10. The molecule has 0 spiro atoms. The number of nitrogens with one attached hydrogen (secondary N) is 2. The molecule has 1 aliphatic rings. The molecule has 0 atom stereocenters. The molecule has 0 saturated carbocycles. The van der Waals surface area contributed by atoms with Crippen molar-refractivity contribution in [1.29, 1.82) is 0 Å². The third kappa shape index (κ3) is 7.76. The molecule has 3 aromatic rings. The van der Waals surface area contributed by atoms with Crippen LogP contribution in [0.3, 0.4) is 0 Å². The average molecular weight is 574 g/mol. The lowest BCUT2D eigenvalue weighted by Crippen LogP contribution is -2.36. The van der Waals surface area contributed by atoms with Crippen molar-refractivity contribution in [3.8, 4) is 11.5 Å². The molecule has 1 heterocycles. The topological polar surface area (TPSA) is 114 Å². The second-order valence-electron chi connectivity index (χ2n) is 9.46. The van der Waals surface area contributed by atoms with E-state index in [-0.39, 0.29) is 17.4 Å². The molecule has 0 bridgehead atoms. The Kier molecular flexibility index (Phi) is 9.46. The van der Waals surface area contributed by atoms with Gasteiger partial charge in [0.25, 0.3) is 17.1 Å². The van der Waals surface area contributed by atoms with Crippen LogP contribution in [0.25, 0.3) is 6.08 Å². The molecule has 212 valence electrons. The molecule has 4 rings (SSSR count). The molecule has 0 aliphatic carbocycles. The van der Waals surface area contributed by atoms with Gasteiger partial charge in [0.05, 0.1) is 11.5 Å². The zero-order valence-corrected chi connectivity index (χ0v) is 24.1. The standard InChI is InChI=1S/C31H31N3O6S/c1-5-39-26-15-22(9-13-25(26)40-18-29(36)32-23-10-6-19(2)7-11-23)16-27-30(37)34(31(38)41-27)17-28(35)33-24-12-8-20(3)21(4)14-24/h6-16H,5,17-18H2,1-4H3,(H,32,36)(H,33,35)/b27-16-. The molecule has 1 fully saturated rings. The van der Waals surface area contributed by atoms with Gasteiger partial charge in [-0.05, 0) is 98.6 Å². The highest BCUT2D eigenvalue weighted by molar-refractivity contribution is 8.18. The molecule has 0 radical (unpaired) electrons. The maximum Gasteiger partial charge on any atom is 0.294 e. The SMILES string of the molecule is CCOc1cc(/C=C2\SC(=O)N(CC(=O)Nc3ccc(C)c(C)c3)C2=O)ccc1OCC(=O)Nc1ccc(C)cc1. The van der Waals surface area contributed by atoms with E-state index in [4.69, 9.17) is 9.47 Å². The van der Waals surface area contributed by atoms with Crippen molar-refractivity contribution in [3.63, 3.8) is 0 Å². The predicted octanol–water partition coefficient (Wildman–Crippen LogP) is 5.70. The maximum atomic E-state index is 13.0. The van der Waals surface area contributed by atoms with E-state index in [1.54, 1.807) is 30.3 Å².